The van der Waals surface area contributed by atoms with Gasteiger partial charge in [0, 0.05) is 0 Å². The van der Waals surface area contributed by atoms with Gasteiger partial charge in [-0.2, -0.15) is 0 Å². The zero-order chi connectivity index (χ0) is 7.54. The van der Waals surface area contributed by atoms with Gasteiger partial charge in [0.25, 0.3) is 0 Å². The van der Waals surface area contributed by atoms with Gasteiger partial charge >= 0.3 is 45.5 Å². The summed E-state index contributed by atoms with van der Waals surface area (Å²) in [6.45, 7) is 4.97. The number of hydrogen-bond acceptors (Lipinski definition) is 3. The molecule has 0 spiro atoms. The van der Waals surface area contributed by atoms with E-state index in [4.69, 9.17) is 16.7 Å². The minimum atomic E-state index is 1.00. The second-order valence-corrected chi connectivity index (χ2v) is 1.21. The predicted octanol–water partition coefficient (Wildman–Crippen LogP) is 1.13. The van der Waals surface area contributed by atoms with Crippen LogP contribution in [-0.4, -0.2) is 4.88 Å². The van der Waals surface area contributed by atoms with Crippen molar-refractivity contribution in [1.82, 2.24) is 0 Å². The van der Waals surface area contributed by atoms with Crippen LogP contribution in [0.2, 0.25) is 0 Å². The van der Waals surface area contributed by atoms with E-state index in [1.165, 1.54) is 6.08 Å². The predicted molar refractivity (Wildman–Crippen MR) is 33.2 cm³/mol. The molecule has 0 atom stereocenters. The van der Waals surface area contributed by atoms with E-state index >= 15 is 0 Å². The van der Waals surface area contributed by atoms with Gasteiger partial charge in [0.1, 0.15) is 0 Å². The summed E-state index contributed by atoms with van der Waals surface area (Å²) in [7, 11) is 0. The third-order valence-corrected chi connectivity index (χ3v) is 0.546. The molecule has 0 aromatic rings. The van der Waals surface area contributed by atoms with Crippen molar-refractivity contribution in [2.45, 2.75) is 0 Å². The summed E-state index contributed by atoms with van der Waals surface area (Å²) < 4.78 is 0. The van der Waals surface area contributed by atoms with Crippen LogP contribution in [0.15, 0.2) is 23.6 Å². The summed E-state index contributed by atoms with van der Waals surface area (Å²) in [6, 6.07) is 0. The monoisotopic (exact) mass is 163 g/mol. The van der Waals surface area contributed by atoms with Crippen molar-refractivity contribution in [3.8, 4) is 0 Å². The molecule has 0 N–H and O–H groups in total. The number of allylic oxidation sites excluding steroid dienone is 3. The Kier molecular flexibility index (Phi) is 19.4. The van der Waals surface area contributed by atoms with Gasteiger partial charge in [-0.15, -0.1) is 5.34 Å². The molecule has 0 radical (unpaired) electrons. The van der Waals surface area contributed by atoms with Crippen molar-refractivity contribution in [2.75, 3.05) is 0 Å². The molecule has 9 heavy (non-hydrogen) atoms. The Balaban J connectivity index is 0. The molecule has 0 aliphatic heterocycles. The Hall–Kier alpha value is -0.718. The molecule has 0 unspecified atom stereocenters. The van der Waals surface area contributed by atoms with E-state index in [0.29, 0.717) is 0 Å². The summed E-state index contributed by atoms with van der Waals surface area (Å²) in [5.41, 5.74) is 0. The van der Waals surface area contributed by atoms with Crippen molar-refractivity contribution in [3.63, 3.8) is 0 Å². The molecule has 0 amide bonds. The molecular weight excluding hydrogens is 158 g/mol. The maximum atomic E-state index is 8.00. The molecule has 3 nitrogen and oxygen atoms in total. The van der Waals surface area contributed by atoms with Crippen LogP contribution in [0.4, 0.5) is 0 Å². The Bertz CT molecular complexity index is 102. The third-order valence-electron chi connectivity index (χ3n) is 0.301. The van der Waals surface area contributed by atoms with Crippen LogP contribution >= 0.6 is 0 Å². The number of hydrogen-bond donors (Lipinski definition) is 0. The quantitative estimate of drug-likeness (QED) is 0.265. The van der Waals surface area contributed by atoms with Crippen molar-refractivity contribution < 1.29 is 15.9 Å². The van der Waals surface area contributed by atoms with Gasteiger partial charge in [-0.1, -0.05) is 0 Å². The van der Waals surface area contributed by atoms with E-state index in [1.54, 1.807) is 11.0 Å². The first kappa shape index (κ1) is 11.1. The van der Waals surface area contributed by atoms with E-state index in [1.807, 2.05) is 6.08 Å². The first-order chi connectivity index (χ1) is 4.33. The molecule has 0 saturated carbocycles. The van der Waals surface area contributed by atoms with Gasteiger partial charge in [0.15, 0.2) is 0 Å². The van der Waals surface area contributed by atoms with E-state index in [-0.39, 0.29) is 0 Å². The van der Waals surface area contributed by atoms with Crippen molar-refractivity contribution in [2.24, 2.45) is 5.34 Å². The van der Waals surface area contributed by atoms with Gasteiger partial charge in [0.2, 0.25) is 0 Å². The van der Waals surface area contributed by atoms with Crippen LogP contribution in [0.5, 0.6) is 0 Å². The Morgan fingerprint density at radius 2 is 2.00 bits per heavy atom. The zero-order valence-electron chi connectivity index (χ0n) is 4.56. The molecule has 4 heteroatoms. The normalized spacial score (nSPS) is 7.11. The molecule has 0 rings (SSSR count). The fraction of sp³-hybridized carbons (Fsp3) is 0. The first-order valence-corrected chi connectivity index (χ1v) is 2.67. The molecule has 0 aliphatic rings. The van der Waals surface area contributed by atoms with E-state index in [0.717, 1.165) is 5.34 Å². The van der Waals surface area contributed by atoms with Gasteiger partial charge in [0.05, 0.1) is 0 Å². The Morgan fingerprint density at radius 1 is 1.56 bits per heavy atom. The van der Waals surface area contributed by atoms with E-state index in [9.17, 15) is 0 Å². The van der Waals surface area contributed by atoms with Gasteiger partial charge in [-0.3, -0.25) is 0 Å². The fourth-order valence-electron chi connectivity index (χ4n) is 0.110. The first-order valence-electron chi connectivity index (χ1n) is 1.93. The van der Waals surface area contributed by atoms with Crippen LogP contribution in [0.25, 0.3) is 0 Å². The summed E-state index contributed by atoms with van der Waals surface area (Å²) >= 11 is 2.69. The summed E-state index contributed by atoms with van der Waals surface area (Å²) in [4.78, 5) is 9.80. The molecule has 0 fully saturated rings. The topological polar surface area (TPSA) is 52.5 Å². The van der Waals surface area contributed by atoms with Crippen LogP contribution in [-0.2, 0) is 15.9 Å². The maximum absolute atomic E-state index is 8.00. The Labute approximate surface area is 61.6 Å². The molecule has 0 aliphatic carbocycles. The molecule has 0 bridgehead atoms. The van der Waals surface area contributed by atoms with Crippen molar-refractivity contribution in [1.29, 1.82) is 0 Å². The van der Waals surface area contributed by atoms with Crippen molar-refractivity contribution in [3.05, 3.63) is 34.9 Å². The van der Waals surface area contributed by atoms with Gasteiger partial charge in [-0.25, -0.2) is 0 Å². The SMILES string of the molecule is O=N[O-].[CH-]=C/C=C\[CH]=[Cr]. The summed E-state index contributed by atoms with van der Waals surface area (Å²) in [5.74, 6) is 0. The summed E-state index contributed by atoms with van der Waals surface area (Å²) in [5, 5.41) is 9.00. The average Bonchev–Trinajstić information content (AvgIpc) is 1.86. The molecular formula is C5H5CrNO2-2. The molecule has 0 saturated heterocycles. The van der Waals surface area contributed by atoms with Crippen LogP contribution in [0.3, 0.4) is 0 Å². The second kappa shape index (κ2) is 15.7. The standard InChI is InChI=1S/C5H5.Cr.HNO2/c1-3-5-4-2;;2-1-3/h1-5H;;(H,2,3)/q-1;;/p-1/b5-3-;;. The molecule has 0 heterocycles. The van der Waals surface area contributed by atoms with Crippen LogP contribution in [0, 0.1) is 16.7 Å². The van der Waals surface area contributed by atoms with Gasteiger partial charge < -0.3 is 10.1 Å². The van der Waals surface area contributed by atoms with Gasteiger partial charge in [-0.05, 0) is 0 Å². The Morgan fingerprint density at radius 3 is 2.11 bits per heavy atom. The van der Waals surface area contributed by atoms with E-state index in [2.05, 4.69) is 15.9 Å². The minimum absolute atomic E-state index is 1.00. The second-order valence-electron chi connectivity index (χ2n) is 0.788. The van der Waals surface area contributed by atoms with Crippen molar-refractivity contribution >= 4 is 4.88 Å². The zero-order valence-corrected chi connectivity index (χ0v) is 5.83. The van der Waals surface area contributed by atoms with Crippen LogP contribution in [0.1, 0.15) is 0 Å². The van der Waals surface area contributed by atoms with E-state index < -0.39 is 0 Å². The average molecular weight is 163 g/mol. The van der Waals surface area contributed by atoms with Crippen LogP contribution < -0.4 is 0 Å². The third kappa shape index (κ3) is 39.0. The molecule has 0 aromatic heterocycles. The fourth-order valence-corrected chi connectivity index (χ4v) is 0.251. The summed E-state index contributed by atoms with van der Waals surface area (Å²) in [6.07, 6.45) is 5.05. The molecule has 50 valence electrons. The molecule has 0 aromatic carbocycles. The number of nitrogens with zero attached hydrogens (tertiary/aromatic N) is 1. The number of rotatable bonds is 2.